The maximum absolute atomic E-state index is 12.7. The summed E-state index contributed by atoms with van der Waals surface area (Å²) in [5.74, 6) is 0.113. The minimum absolute atomic E-state index is 0.0277. The summed E-state index contributed by atoms with van der Waals surface area (Å²) in [6.45, 7) is 2.12. The highest BCUT2D eigenvalue weighted by Gasteiger charge is 2.23. The fraction of sp³-hybridized carbons (Fsp3) is 0.222. The first-order valence-electron chi connectivity index (χ1n) is 7.67. The topological polar surface area (TPSA) is 81.1 Å². The fourth-order valence-electron chi connectivity index (χ4n) is 3.00. The van der Waals surface area contributed by atoms with E-state index in [9.17, 15) is 4.79 Å². The molecule has 3 rings (SSSR count). The number of nitrogens with zero attached hydrogens (tertiary/aromatic N) is 1. The molecule has 6 heteroatoms. The molecule has 0 aliphatic rings. The number of carbonyl (C=O) groups is 1. The molecule has 0 fully saturated rings. The third kappa shape index (κ3) is 2.73. The maximum atomic E-state index is 12.7. The van der Waals surface area contributed by atoms with Crippen molar-refractivity contribution in [3.8, 4) is 0 Å². The zero-order chi connectivity index (χ0) is 17.3. The number of aryl methyl sites for hydroxylation is 1. The van der Waals surface area contributed by atoms with E-state index >= 15 is 0 Å². The number of thioether (sulfide) groups is 1. The molecule has 3 aromatic rings. The smallest absolute Gasteiger partial charge is 0.340 e. The number of aromatic nitrogens is 1. The van der Waals surface area contributed by atoms with Gasteiger partial charge in [0.05, 0.1) is 12.2 Å². The van der Waals surface area contributed by atoms with Crippen molar-refractivity contribution in [2.24, 2.45) is 12.8 Å². The van der Waals surface area contributed by atoms with Crippen LogP contribution in [0.3, 0.4) is 0 Å². The second-order valence-electron chi connectivity index (χ2n) is 5.43. The molecular formula is C18H19N3O2S. The zero-order valence-corrected chi connectivity index (χ0v) is 14.4. The average Bonchev–Trinajstić information content (AvgIpc) is 2.86. The van der Waals surface area contributed by atoms with Crippen LogP contribution in [0.15, 0.2) is 36.4 Å². The monoisotopic (exact) mass is 341 g/mol. The molecule has 0 amide bonds. The van der Waals surface area contributed by atoms with E-state index in [1.165, 1.54) is 11.8 Å². The van der Waals surface area contributed by atoms with E-state index in [4.69, 9.17) is 15.9 Å². The Balaban J connectivity index is 2.34. The predicted molar refractivity (Wildman–Crippen MR) is 99.6 cm³/mol. The summed E-state index contributed by atoms with van der Waals surface area (Å²) in [5, 5.41) is 10.5. The summed E-state index contributed by atoms with van der Waals surface area (Å²) in [6.07, 6.45) is 0. The van der Waals surface area contributed by atoms with Crippen LogP contribution in [0.1, 0.15) is 23.0 Å². The average molecular weight is 341 g/mol. The molecule has 5 nitrogen and oxygen atoms in total. The van der Waals surface area contributed by atoms with Gasteiger partial charge in [-0.1, -0.05) is 42.1 Å². The largest absolute Gasteiger partial charge is 0.462 e. The lowest BCUT2D eigenvalue weighted by atomic mass is 10.0. The lowest BCUT2D eigenvalue weighted by molar-refractivity contribution is 0.0527. The van der Waals surface area contributed by atoms with Crippen LogP contribution in [0.2, 0.25) is 0 Å². The molecule has 0 saturated heterocycles. The lowest BCUT2D eigenvalue weighted by Crippen LogP contribution is -2.10. The second kappa shape index (κ2) is 6.57. The maximum Gasteiger partial charge on any atom is 0.340 e. The van der Waals surface area contributed by atoms with Crippen molar-refractivity contribution in [1.29, 1.82) is 5.41 Å². The minimum atomic E-state index is -0.335. The number of fused-ring (bicyclic) bond motifs is 3. The van der Waals surface area contributed by atoms with E-state index in [0.717, 1.165) is 27.4 Å². The Morgan fingerprint density at radius 3 is 2.75 bits per heavy atom. The summed E-state index contributed by atoms with van der Waals surface area (Å²) in [4.78, 5) is 12.7. The Labute approximate surface area is 144 Å². The van der Waals surface area contributed by atoms with Crippen LogP contribution in [-0.2, 0) is 17.5 Å². The summed E-state index contributed by atoms with van der Waals surface area (Å²) >= 11 is 1.20. The molecule has 0 bridgehead atoms. The van der Waals surface area contributed by atoms with Gasteiger partial charge in [-0.25, -0.2) is 4.79 Å². The van der Waals surface area contributed by atoms with Crippen molar-refractivity contribution in [1.82, 2.24) is 4.57 Å². The van der Waals surface area contributed by atoms with Gasteiger partial charge >= 0.3 is 5.97 Å². The third-order valence-corrected chi connectivity index (χ3v) is 4.78. The Hall–Kier alpha value is -2.47. The van der Waals surface area contributed by atoms with Gasteiger partial charge in [0.25, 0.3) is 0 Å². The number of benzene rings is 2. The van der Waals surface area contributed by atoms with E-state index in [2.05, 4.69) is 6.07 Å². The summed E-state index contributed by atoms with van der Waals surface area (Å²) in [5.41, 5.74) is 7.84. The molecule has 3 N–H and O–H groups in total. The van der Waals surface area contributed by atoms with E-state index in [1.54, 1.807) is 6.92 Å². The Kier molecular flexibility index (Phi) is 4.49. The predicted octanol–water partition coefficient (Wildman–Crippen LogP) is 3.63. The molecule has 0 atom stereocenters. The van der Waals surface area contributed by atoms with Gasteiger partial charge in [0.1, 0.15) is 0 Å². The van der Waals surface area contributed by atoms with Gasteiger partial charge < -0.3 is 15.0 Å². The van der Waals surface area contributed by atoms with Crippen LogP contribution >= 0.6 is 11.8 Å². The van der Waals surface area contributed by atoms with Gasteiger partial charge in [0.15, 0.2) is 5.17 Å². The number of amidine groups is 1. The van der Waals surface area contributed by atoms with Crippen molar-refractivity contribution in [2.75, 3.05) is 6.61 Å². The summed E-state index contributed by atoms with van der Waals surface area (Å²) in [7, 11) is 1.93. The highest BCUT2D eigenvalue weighted by molar-refractivity contribution is 8.13. The van der Waals surface area contributed by atoms with Crippen LogP contribution in [0.25, 0.3) is 21.7 Å². The number of hydrogen-bond donors (Lipinski definition) is 2. The Morgan fingerprint density at radius 2 is 2.04 bits per heavy atom. The van der Waals surface area contributed by atoms with Gasteiger partial charge in [0.2, 0.25) is 0 Å². The number of ether oxygens (including phenoxy) is 1. The molecule has 0 radical (unpaired) electrons. The number of esters is 1. The Morgan fingerprint density at radius 1 is 1.29 bits per heavy atom. The standard InChI is InChI=1S/C18H19N3O2S/c1-3-23-17(22)16-14(10-24-18(19)20)21(2)13-9-8-11-6-4-5-7-12(11)15(13)16/h4-9H,3,10H2,1-2H3,(H3,19,20). The van der Waals surface area contributed by atoms with Crippen molar-refractivity contribution in [3.63, 3.8) is 0 Å². The molecule has 24 heavy (non-hydrogen) atoms. The van der Waals surface area contributed by atoms with Crippen molar-refractivity contribution in [3.05, 3.63) is 47.7 Å². The minimum Gasteiger partial charge on any atom is -0.462 e. The molecule has 1 heterocycles. The molecule has 1 aromatic heterocycles. The van der Waals surface area contributed by atoms with Crippen LogP contribution in [-0.4, -0.2) is 22.3 Å². The number of nitrogens with one attached hydrogen (secondary N) is 1. The van der Waals surface area contributed by atoms with Crippen molar-refractivity contribution in [2.45, 2.75) is 12.7 Å². The van der Waals surface area contributed by atoms with Crippen molar-refractivity contribution < 1.29 is 9.53 Å². The van der Waals surface area contributed by atoms with Crippen LogP contribution in [0.4, 0.5) is 0 Å². The summed E-state index contributed by atoms with van der Waals surface area (Å²) < 4.78 is 7.29. The number of rotatable bonds is 4. The van der Waals surface area contributed by atoms with E-state index in [-0.39, 0.29) is 11.1 Å². The molecule has 0 aliphatic carbocycles. The molecule has 2 aromatic carbocycles. The second-order valence-corrected chi connectivity index (χ2v) is 6.45. The molecule has 0 spiro atoms. The first kappa shape index (κ1) is 16.4. The number of carbonyl (C=O) groups excluding carboxylic acids is 1. The van der Waals surface area contributed by atoms with E-state index < -0.39 is 0 Å². The highest BCUT2D eigenvalue weighted by Crippen LogP contribution is 2.34. The quantitative estimate of drug-likeness (QED) is 0.431. The summed E-state index contributed by atoms with van der Waals surface area (Å²) in [6, 6.07) is 12.1. The number of nitrogens with two attached hydrogens (primary N) is 1. The van der Waals surface area contributed by atoms with Crippen LogP contribution < -0.4 is 5.73 Å². The first-order valence-corrected chi connectivity index (χ1v) is 8.66. The SMILES string of the molecule is CCOC(=O)c1c(CSC(=N)N)n(C)c2ccc3ccccc3c12. The van der Waals surface area contributed by atoms with Crippen molar-refractivity contribution >= 4 is 44.6 Å². The van der Waals surface area contributed by atoms with Gasteiger partial charge in [-0.3, -0.25) is 5.41 Å². The lowest BCUT2D eigenvalue weighted by Gasteiger charge is -2.07. The zero-order valence-electron chi connectivity index (χ0n) is 13.6. The first-order chi connectivity index (χ1) is 11.5. The van der Waals surface area contributed by atoms with Crippen LogP contribution in [0.5, 0.6) is 0 Å². The van der Waals surface area contributed by atoms with Gasteiger partial charge in [-0.2, -0.15) is 0 Å². The van der Waals surface area contributed by atoms with Gasteiger partial charge in [-0.15, -0.1) is 0 Å². The molecule has 0 aliphatic heterocycles. The van der Waals surface area contributed by atoms with E-state index in [1.807, 2.05) is 41.9 Å². The van der Waals surface area contributed by atoms with Crippen LogP contribution in [0, 0.1) is 5.41 Å². The molecular weight excluding hydrogens is 322 g/mol. The fourth-order valence-corrected chi connectivity index (χ4v) is 3.63. The molecule has 0 unspecified atom stereocenters. The number of hydrogen-bond acceptors (Lipinski definition) is 4. The highest BCUT2D eigenvalue weighted by atomic mass is 32.2. The van der Waals surface area contributed by atoms with Gasteiger partial charge in [-0.05, 0) is 23.8 Å². The van der Waals surface area contributed by atoms with Gasteiger partial charge in [0, 0.05) is 29.4 Å². The molecule has 124 valence electrons. The van der Waals surface area contributed by atoms with E-state index in [0.29, 0.717) is 17.9 Å². The third-order valence-electron chi connectivity index (χ3n) is 4.06. The normalized spacial score (nSPS) is 11.1. The molecule has 0 saturated carbocycles. The Bertz CT molecular complexity index is 946.